The van der Waals surface area contributed by atoms with Crippen LogP contribution in [0.5, 0.6) is 0 Å². The molecule has 2 aromatic heterocycles. The summed E-state index contributed by atoms with van der Waals surface area (Å²) in [5.41, 5.74) is 0.990. The van der Waals surface area contributed by atoms with Crippen LogP contribution in [0.1, 0.15) is 12.7 Å². The van der Waals surface area contributed by atoms with Crippen LogP contribution >= 0.6 is 15.9 Å². The lowest BCUT2D eigenvalue weighted by Crippen LogP contribution is -2.49. The van der Waals surface area contributed by atoms with Crippen LogP contribution < -0.4 is 4.90 Å². The average Bonchev–Trinajstić information content (AvgIpc) is 2.97. The van der Waals surface area contributed by atoms with Crippen LogP contribution in [-0.4, -0.2) is 32.6 Å². The zero-order valence-electron chi connectivity index (χ0n) is 13.0. The van der Waals surface area contributed by atoms with Gasteiger partial charge in [-0.25, -0.2) is 15.0 Å². The van der Waals surface area contributed by atoms with E-state index in [-0.39, 0.29) is 0 Å². The number of benzene rings is 1. The molecule has 4 rings (SSSR count). The summed E-state index contributed by atoms with van der Waals surface area (Å²) in [7, 11) is 0. The molecule has 0 atom stereocenters. The Balaban J connectivity index is 1.44. The SMILES string of the molecule is CCc1nccn1CC1CN(c2ncc3cc(Br)ccc3n2)C1. The molecule has 6 heteroatoms. The Morgan fingerprint density at radius 1 is 1.26 bits per heavy atom. The van der Waals surface area contributed by atoms with Crippen LogP contribution in [0.15, 0.2) is 41.3 Å². The van der Waals surface area contributed by atoms with Gasteiger partial charge in [0.25, 0.3) is 0 Å². The van der Waals surface area contributed by atoms with E-state index >= 15 is 0 Å². The van der Waals surface area contributed by atoms with Crippen molar-refractivity contribution in [2.75, 3.05) is 18.0 Å². The summed E-state index contributed by atoms with van der Waals surface area (Å²) in [6.07, 6.45) is 6.85. The van der Waals surface area contributed by atoms with Crippen molar-refractivity contribution < 1.29 is 0 Å². The summed E-state index contributed by atoms with van der Waals surface area (Å²) in [6, 6.07) is 6.09. The van der Waals surface area contributed by atoms with Gasteiger partial charge in [-0.1, -0.05) is 22.9 Å². The minimum absolute atomic E-state index is 0.638. The molecule has 3 heterocycles. The van der Waals surface area contributed by atoms with Crippen molar-refractivity contribution in [3.8, 4) is 0 Å². The lowest BCUT2D eigenvalue weighted by Gasteiger charge is -2.39. The Morgan fingerprint density at radius 3 is 2.96 bits per heavy atom. The van der Waals surface area contributed by atoms with Crippen molar-refractivity contribution in [3.63, 3.8) is 0 Å². The predicted molar refractivity (Wildman–Crippen MR) is 94.5 cm³/mol. The van der Waals surface area contributed by atoms with Gasteiger partial charge in [-0.2, -0.15) is 0 Å². The van der Waals surface area contributed by atoms with Gasteiger partial charge in [-0.3, -0.25) is 0 Å². The molecule has 5 nitrogen and oxygen atoms in total. The maximum atomic E-state index is 4.68. The van der Waals surface area contributed by atoms with Crippen LogP contribution in [0, 0.1) is 5.92 Å². The first-order valence-electron chi connectivity index (χ1n) is 7.90. The second kappa shape index (κ2) is 5.92. The molecule has 118 valence electrons. The third-order valence-electron chi connectivity index (χ3n) is 4.34. The highest BCUT2D eigenvalue weighted by Gasteiger charge is 2.29. The molecule has 0 N–H and O–H groups in total. The van der Waals surface area contributed by atoms with E-state index in [1.165, 1.54) is 0 Å². The molecule has 3 aromatic rings. The minimum Gasteiger partial charge on any atom is -0.340 e. The predicted octanol–water partition coefficient (Wildman–Crippen LogP) is 3.29. The third-order valence-corrected chi connectivity index (χ3v) is 4.84. The summed E-state index contributed by atoms with van der Waals surface area (Å²) in [5, 5.41) is 1.06. The van der Waals surface area contributed by atoms with Gasteiger partial charge in [0.05, 0.1) is 5.52 Å². The van der Waals surface area contributed by atoms with Gasteiger partial charge in [0, 0.05) is 60.4 Å². The van der Waals surface area contributed by atoms with Crippen LogP contribution in [0.25, 0.3) is 10.9 Å². The van der Waals surface area contributed by atoms with Crippen molar-refractivity contribution >= 4 is 32.8 Å². The van der Waals surface area contributed by atoms with E-state index in [9.17, 15) is 0 Å². The van der Waals surface area contributed by atoms with Crippen LogP contribution in [0.3, 0.4) is 0 Å². The summed E-state index contributed by atoms with van der Waals surface area (Å²) < 4.78 is 3.32. The number of hydrogen-bond acceptors (Lipinski definition) is 4. The van der Waals surface area contributed by atoms with Crippen molar-refractivity contribution in [1.82, 2.24) is 19.5 Å². The average molecular weight is 372 g/mol. The summed E-state index contributed by atoms with van der Waals surface area (Å²) in [6.45, 7) is 5.18. The van der Waals surface area contributed by atoms with Crippen molar-refractivity contribution in [3.05, 3.63) is 47.1 Å². The number of fused-ring (bicyclic) bond motifs is 1. The van der Waals surface area contributed by atoms with E-state index in [4.69, 9.17) is 0 Å². The lowest BCUT2D eigenvalue weighted by atomic mass is 10.0. The standard InChI is InChI=1S/C17H18BrN5/c1-2-16-19-5-6-22(16)9-12-10-23(11-12)17-20-8-13-7-14(18)3-4-15(13)21-17/h3-8,12H,2,9-11H2,1H3. The van der Waals surface area contributed by atoms with Crippen molar-refractivity contribution in [2.24, 2.45) is 5.92 Å². The van der Waals surface area contributed by atoms with Gasteiger partial charge in [0.2, 0.25) is 5.95 Å². The maximum absolute atomic E-state index is 4.68. The van der Waals surface area contributed by atoms with E-state index in [1.54, 1.807) is 0 Å². The third kappa shape index (κ3) is 2.83. The molecular weight excluding hydrogens is 354 g/mol. The number of aryl methyl sites for hydroxylation is 1. The number of aromatic nitrogens is 4. The topological polar surface area (TPSA) is 46.8 Å². The van der Waals surface area contributed by atoms with E-state index < -0.39 is 0 Å². The first-order valence-corrected chi connectivity index (χ1v) is 8.69. The molecule has 0 unspecified atom stereocenters. The van der Waals surface area contributed by atoms with E-state index in [2.05, 4.69) is 53.5 Å². The molecule has 1 aliphatic heterocycles. The highest BCUT2D eigenvalue weighted by atomic mass is 79.9. The van der Waals surface area contributed by atoms with Gasteiger partial charge in [-0.15, -0.1) is 0 Å². The monoisotopic (exact) mass is 371 g/mol. The Labute approximate surface area is 143 Å². The molecule has 23 heavy (non-hydrogen) atoms. The fraction of sp³-hybridized carbons (Fsp3) is 0.353. The zero-order chi connectivity index (χ0) is 15.8. The van der Waals surface area contributed by atoms with Gasteiger partial charge in [0.15, 0.2) is 0 Å². The van der Waals surface area contributed by atoms with Gasteiger partial charge < -0.3 is 9.47 Å². The smallest absolute Gasteiger partial charge is 0.225 e. The van der Waals surface area contributed by atoms with Gasteiger partial charge in [0.1, 0.15) is 5.82 Å². The van der Waals surface area contributed by atoms with Gasteiger partial charge >= 0.3 is 0 Å². The molecule has 0 amide bonds. The highest BCUT2D eigenvalue weighted by molar-refractivity contribution is 9.10. The Hall–Kier alpha value is -1.95. The number of nitrogens with zero attached hydrogens (tertiary/aromatic N) is 5. The number of rotatable bonds is 4. The molecule has 0 spiro atoms. The summed E-state index contributed by atoms with van der Waals surface area (Å²) in [5.74, 6) is 2.63. The van der Waals surface area contributed by atoms with E-state index in [0.717, 1.165) is 53.2 Å². The summed E-state index contributed by atoms with van der Waals surface area (Å²) >= 11 is 3.48. The number of imidazole rings is 1. The molecule has 1 saturated heterocycles. The fourth-order valence-corrected chi connectivity index (χ4v) is 3.47. The second-order valence-corrected chi connectivity index (χ2v) is 6.91. The largest absolute Gasteiger partial charge is 0.340 e. The van der Waals surface area contributed by atoms with E-state index in [0.29, 0.717) is 5.92 Å². The number of anilines is 1. The molecule has 0 aliphatic carbocycles. The maximum Gasteiger partial charge on any atom is 0.225 e. The Bertz CT molecular complexity index is 838. The van der Waals surface area contributed by atoms with Crippen LogP contribution in [-0.2, 0) is 13.0 Å². The molecule has 1 aliphatic rings. The first-order chi connectivity index (χ1) is 11.2. The normalized spacial score (nSPS) is 15.1. The molecule has 0 saturated carbocycles. The number of hydrogen-bond donors (Lipinski definition) is 0. The number of halogens is 1. The Morgan fingerprint density at radius 2 is 2.13 bits per heavy atom. The minimum atomic E-state index is 0.638. The quantitative estimate of drug-likeness (QED) is 0.705. The molecule has 0 radical (unpaired) electrons. The fourth-order valence-electron chi connectivity index (χ4n) is 3.09. The van der Waals surface area contributed by atoms with E-state index in [1.807, 2.05) is 30.6 Å². The first kappa shape index (κ1) is 14.6. The van der Waals surface area contributed by atoms with Crippen molar-refractivity contribution in [2.45, 2.75) is 19.9 Å². The molecular formula is C17H18BrN5. The zero-order valence-corrected chi connectivity index (χ0v) is 14.6. The summed E-state index contributed by atoms with van der Waals surface area (Å²) in [4.78, 5) is 15.8. The van der Waals surface area contributed by atoms with Crippen molar-refractivity contribution in [1.29, 1.82) is 0 Å². The molecule has 1 fully saturated rings. The second-order valence-electron chi connectivity index (χ2n) is 5.99. The molecule has 0 bridgehead atoms. The van der Waals surface area contributed by atoms with Gasteiger partial charge in [-0.05, 0) is 18.2 Å². The van der Waals surface area contributed by atoms with Crippen LogP contribution in [0.4, 0.5) is 5.95 Å². The molecule has 1 aromatic carbocycles. The Kier molecular flexibility index (Phi) is 3.77. The van der Waals surface area contributed by atoms with Crippen LogP contribution in [0.2, 0.25) is 0 Å². The lowest BCUT2D eigenvalue weighted by molar-refractivity contribution is 0.349. The highest BCUT2D eigenvalue weighted by Crippen LogP contribution is 2.25.